The van der Waals surface area contributed by atoms with Crippen molar-refractivity contribution in [3.8, 4) is 11.3 Å². The summed E-state index contributed by atoms with van der Waals surface area (Å²) >= 11 is 5.85. The van der Waals surface area contributed by atoms with E-state index in [1.807, 2.05) is 36.5 Å². The maximum atomic E-state index is 5.85. The fourth-order valence-electron chi connectivity index (χ4n) is 2.16. The molecule has 3 heteroatoms. The number of alkyl halides is 1. The lowest BCUT2D eigenvalue weighted by molar-refractivity contribution is 1.10. The summed E-state index contributed by atoms with van der Waals surface area (Å²) < 4.78 is 2.10. The average Bonchev–Trinajstić information content (AvgIpc) is 2.76. The van der Waals surface area contributed by atoms with Gasteiger partial charge in [-0.3, -0.25) is 0 Å². The molecule has 0 radical (unpaired) electrons. The molecule has 0 unspecified atom stereocenters. The van der Waals surface area contributed by atoms with E-state index < -0.39 is 0 Å². The third-order valence-electron chi connectivity index (χ3n) is 3.13. The number of pyridine rings is 1. The second kappa shape index (κ2) is 4.46. The molecule has 2 heterocycles. The number of fused-ring (bicyclic) bond motifs is 1. The fraction of sp³-hybridized carbons (Fsp3) is 0.133. The van der Waals surface area contributed by atoms with Gasteiger partial charge < -0.3 is 4.40 Å². The van der Waals surface area contributed by atoms with Gasteiger partial charge in [-0.1, -0.05) is 30.3 Å². The van der Waals surface area contributed by atoms with Crippen LogP contribution < -0.4 is 0 Å². The Labute approximate surface area is 111 Å². The quantitative estimate of drug-likeness (QED) is 0.633. The lowest BCUT2D eigenvalue weighted by Crippen LogP contribution is -1.88. The maximum Gasteiger partial charge on any atom is 0.137 e. The normalized spacial score (nSPS) is 11.0. The van der Waals surface area contributed by atoms with Crippen molar-refractivity contribution in [1.29, 1.82) is 0 Å². The minimum absolute atomic E-state index is 0.517. The van der Waals surface area contributed by atoms with Crippen molar-refractivity contribution in [2.24, 2.45) is 0 Å². The van der Waals surface area contributed by atoms with Crippen LogP contribution >= 0.6 is 11.6 Å². The fourth-order valence-corrected chi connectivity index (χ4v) is 2.33. The molecule has 0 amide bonds. The molecular weight excluding hydrogens is 244 g/mol. The molecule has 0 spiro atoms. The van der Waals surface area contributed by atoms with E-state index >= 15 is 0 Å². The van der Waals surface area contributed by atoms with Crippen LogP contribution in [0, 0.1) is 6.92 Å². The zero-order valence-corrected chi connectivity index (χ0v) is 10.9. The molecule has 0 fully saturated rings. The molecule has 0 N–H and O–H groups in total. The zero-order chi connectivity index (χ0) is 12.5. The van der Waals surface area contributed by atoms with Gasteiger partial charge in [0, 0.05) is 23.3 Å². The van der Waals surface area contributed by atoms with Crippen LogP contribution in [0.3, 0.4) is 0 Å². The Morgan fingerprint density at radius 2 is 1.94 bits per heavy atom. The number of rotatable bonds is 2. The van der Waals surface area contributed by atoms with Crippen LogP contribution in [0.15, 0.2) is 48.7 Å². The summed E-state index contributed by atoms with van der Waals surface area (Å²) in [6.45, 7) is 2.09. The van der Waals surface area contributed by atoms with Gasteiger partial charge in [0.1, 0.15) is 5.65 Å². The van der Waals surface area contributed by atoms with Crippen LogP contribution in [-0.2, 0) is 5.88 Å². The molecule has 3 aromatic rings. The van der Waals surface area contributed by atoms with Crippen molar-refractivity contribution >= 4 is 17.2 Å². The van der Waals surface area contributed by atoms with E-state index in [1.54, 1.807) is 0 Å². The standard InChI is InChI=1S/C15H13ClN2/c1-11-15(13-5-3-2-4-6-13)17-14-9-12(10-16)7-8-18(11)14/h2-9H,10H2,1H3. The Hall–Kier alpha value is -1.80. The number of hydrogen-bond donors (Lipinski definition) is 0. The van der Waals surface area contributed by atoms with E-state index in [2.05, 4.69) is 23.5 Å². The number of hydrogen-bond acceptors (Lipinski definition) is 1. The summed E-state index contributed by atoms with van der Waals surface area (Å²) in [5.74, 6) is 0.517. The number of benzene rings is 1. The first-order valence-corrected chi connectivity index (χ1v) is 6.42. The van der Waals surface area contributed by atoms with Crippen LogP contribution in [0.5, 0.6) is 0 Å². The first-order valence-electron chi connectivity index (χ1n) is 5.88. The second-order valence-electron chi connectivity index (χ2n) is 4.31. The van der Waals surface area contributed by atoms with Crippen LogP contribution in [-0.4, -0.2) is 9.38 Å². The molecular formula is C15H13ClN2. The molecule has 0 saturated heterocycles. The van der Waals surface area contributed by atoms with Crippen molar-refractivity contribution in [2.75, 3.05) is 0 Å². The van der Waals surface area contributed by atoms with E-state index in [9.17, 15) is 0 Å². The monoisotopic (exact) mass is 256 g/mol. The van der Waals surface area contributed by atoms with Crippen molar-refractivity contribution in [3.63, 3.8) is 0 Å². The molecule has 2 nitrogen and oxygen atoms in total. The van der Waals surface area contributed by atoms with Crippen LogP contribution in [0.2, 0.25) is 0 Å². The smallest absolute Gasteiger partial charge is 0.137 e. The summed E-state index contributed by atoms with van der Waals surface area (Å²) in [6.07, 6.45) is 2.03. The molecule has 0 aliphatic carbocycles. The van der Waals surface area contributed by atoms with Gasteiger partial charge in [-0.15, -0.1) is 11.6 Å². The van der Waals surface area contributed by atoms with Gasteiger partial charge >= 0.3 is 0 Å². The summed E-state index contributed by atoms with van der Waals surface area (Å²) in [5.41, 5.74) is 5.36. The molecule has 18 heavy (non-hydrogen) atoms. The summed E-state index contributed by atoms with van der Waals surface area (Å²) in [7, 11) is 0. The maximum absolute atomic E-state index is 5.85. The Kier molecular flexibility index (Phi) is 2.80. The van der Waals surface area contributed by atoms with Crippen LogP contribution in [0.1, 0.15) is 11.3 Å². The third-order valence-corrected chi connectivity index (χ3v) is 3.44. The number of imidazole rings is 1. The van der Waals surface area contributed by atoms with E-state index in [1.165, 1.54) is 0 Å². The van der Waals surface area contributed by atoms with E-state index in [-0.39, 0.29) is 0 Å². The average molecular weight is 257 g/mol. The molecule has 1 aromatic carbocycles. The highest BCUT2D eigenvalue weighted by Gasteiger charge is 2.09. The Bertz CT molecular complexity index is 686. The molecule has 0 aliphatic rings. The van der Waals surface area contributed by atoms with E-state index in [4.69, 9.17) is 16.6 Å². The van der Waals surface area contributed by atoms with Gasteiger partial charge in [-0.05, 0) is 24.6 Å². The minimum atomic E-state index is 0.517. The van der Waals surface area contributed by atoms with Crippen LogP contribution in [0.25, 0.3) is 16.9 Å². The lowest BCUT2D eigenvalue weighted by atomic mass is 10.1. The van der Waals surface area contributed by atoms with Crippen molar-refractivity contribution in [3.05, 3.63) is 59.9 Å². The third kappa shape index (κ3) is 1.79. The van der Waals surface area contributed by atoms with Crippen molar-refractivity contribution in [2.45, 2.75) is 12.8 Å². The van der Waals surface area contributed by atoms with Crippen molar-refractivity contribution < 1.29 is 0 Å². The number of halogens is 1. The summed E-state index contributed by atoms with van der Waals surface area (Å²) in [5, 5.41) is 0. The predicted octanol–water partition coefficient (Wildman–Crippen LogP) is 4.05. The van der Waals surface area contributed by atoms with Gasteiger partial charge in [-0.25, -0.2) is 4.98 Å². The van der Waals surface area contributed by atoms with Gasteiger partial charge in [-0.2, -0.15) is 0 Å². The highest BCUT2D eigenvalue weighted by Crippen LogP contribution is 2.24. The van der Waals surface area contributed by atoms with Crippen LogP contribution in [0.4, 0.5) is 0 Å². The van der Waals surface area contributed by atoms with Gasteiger partial charge in [0.05, 0.1) is 5.69 Å². The number of aryl methyl sites for hydroxylation is 1. The minimum Gasteiger partial charge on any atom is -0.304 e. The van der Waals surface area contributed by atoms with Gasteiger partial charge in [0.15, 0.2) is 0 Å². The lowest BCUT2D eigenvalue weighted by Gasteiger charge is -1.99. The summed E-state index contributed by atoms with van der Waals surface area (Å²) in [4.78, 5) is 4.70. The van der Waals surface area contributed by atoms with E-state index in [0.717, 1.165) is 28.2 Å². The molecule has 2 aromatic heterocycles. The largest absolute Gasteiger partial charge is 0.304 e. The predicted molar refractivity (Wildman–Crippen MR) is 74.9 cm³/mol. The molecule has 0 bridgehead atoms. The molecule has 0 saturated carbocycles. The summed E-state index contributed by atoms with van der Waals surface area (Å²) in [6, 6.07) is 14.3. The van der Waals surface area contributed by atoms with Gasteiger partial charge in [0.25, 0.3) is 0 Å². The zero-order valence-electron chi connectivity index (χ0n) is 10.1. The first kappa shape index (κ1) is 11.3. The Morgan fingerprint density at radius 3 is 2.67 bits per heavy atom. The SMILES string of the molecule is Cc1c(-c2ccccc2)nc2cc(CCl)ccn12. The number of nitrogens with zero attached hydrogens (tertiary/aromatic N) is 2. The van der Waals surface area contributed by atoms with E-state index in [0.29, 0.717) is 5.88 Å². The first-order chi connectivity index (χ1) is 8.79. The topological polar surface area (TPSA) is 17.3 Å². The molecule has 0 aliphatic heterocycles. The molecule has 0 atom stereocenters. The second-order valence-corrected chi connectivity index (χ2v) is 4.58. The molecule has 3 rings (SSSR count). The Balaban J connectivity index is 2.23. The Morgan fingerprint density at radius 1 is 1.17 bits per heavy atom. The van der Waals surface area contributed by atoms with Crippen molar-refractivity contribution in [1.82, 2.24) is 9.38 Å². The number of aromatic nitrogens is 2. The van der Waals surface area contributed by atoms with Gasteiger partial charge in [0.2, 0.25) is 0 Å². The molecule has 90 valence electrons. The highest BCUT2D eigenvalue weighted by molar-refractivity contribution is 6.17. The highest BCUT2D eigenvalue weighted by atomic mass is 35.5.